The van der Waals surface area contributed by atoms with Crippen LogP contribution in [-0.2, 0) is 10.0 Å². The van der Waals surface area contributed by atoms with Gasteiger partial charge in [0.25, 0.3) is 21.3 Å². The average Bonchev–Trinajstić information content (AvgIpc) is 2.40. The minimum absolute atomic E-state index is 0.0643. The molecule has 10 heteroatoms. The van der Waals surface area contributed by atoms with Crippen molar-refractivity contribution in [2.75, 3.05) is 4.72 Å². The van der Waals surface area contributed by atoms with Crippen LogP contribution < -0.4 is 10.3 Å². The Labute approximate surface area is 118 Å². The zero-order chi connectivity index (χ0) is 15.6. The summed E-state index contributed by atoms with van der Waals surface area (Å²) in [5.74, 6) is -0.0643. The monoisotopic (exact) mass is 310 g/mol. The molecule has 2 aromatic rings. The Morgan fingerprint density at radius 3 is 2.52 bits per heavy atom. The average molecular weight is 310 g/mol. The smallest absolute Gasteiger partial charge is 0.268 e. The number of benzene rings is 1. The molecule has 2 N–H and O–H groups in total. The lowest BCUT2D eigenvalue weighted by Gasteiger charge is -2.07. The molecule has 0 saturated carbocycles. The molecule has 0 saturated heterocycles. The fourth-order valence-electron chi connectivity index (χ4n) is 1.60. The number of hydrogen-bond acceptors (Lipinski definition) is 6. The van der Waals surface area contributed by atoms with E-state index in [-0.39, 0.29) is 22.0 Å². The maximum atomic E-state index is 12.1. The molecule has 0 aliphatic heterocycles. The number of aryl methyl sites for hydroxylation is 1. The van der Waals surface area contributed by atoms with Gasteiger partial charge in [-0.05, 0) is 25.1 Å². The van der Waals surface area contributed by atoms with Gasteiger partial charge in [-0.25, -0.2) is 13.5 Å². The van der Waals surface area contributed by atoms with E-state index in [1.165, 1.54) is 19.1 Å². The van der Waals surface area contributed by atoms with Gasteiger partial charge in [0.15, 0.2) is 5.82 Å². The Kier molecular flexibility index (Phi) is 3.72. The quantitative estimate of drug-likeness (QED) is 0.633. The summed E-state index contributed by atoms with van der Waals surface area (Å²) in [6, 6.07) is 5.75. The molecule has 0 atom stereocenters. The highest BCUT2D eigenvalue weighted by Gasteiger charge is 2.19. The number of sulfonamides is 1. The van der Waals surface area contributed by atoms with Gasteiger partial charge < -0.3 is 0 Å². The fourth-order valence-corrected chi connectivity index (χ4v) is 2.68. The lowest BCUT2D eigenvalue weighted by atomic mass is 10.2. The van der Waals surface area contributed by atoms with E-state index in [9.17, 15) is 23.3 Å². The minimum atomic E-state index is -3.95. The molecule has 0 fully saturated rings. The second-order valence-corrected chi connectivity index (χ2v) is 5.80. The number of anilines is 1. The third kappa shape index (κ3) is 3.23. The molecule has 9 nitrogen and oxygen atoms in total. The van der Waals surface area contributed by atoms with Crippen LogP contribution in [0, 0.1) is 17.0 Å². The van der Waals surface area contributed by atoms with E-state index in [0.717, 1.165) is 18.2 Å². The Morgan fingerprint density at radius 1 is 1.29 bits per heavy atom. The van der Waals surface area contributed by atoms with Crippen LogP contribution in [0.25, 0.3) is 0 Å². The Morgan fingerprint density at radius 2 is 2.00 bits per heavy atom. The molecule has 1 heterocycles. The number of H-pyrrole nitrogens is 1. The van der Waals surface area contributed by atoms with Crippen molar-refractivity contribution < 1.29 is 13.3 Å². The topological polar surface area (TPSA) is 135 Å². The Hall–Kier alpha value is -2.75. The predicted octanol–water partition coefficient (Wildman–Crippen LogP) is 0.787. The van der Waals surface area contributed by atoms with Crippen LogP contribution in [-0.4, -0.2) is 23.5 Å². The molecule has 1 aromatic carbocycles. The predicted molar refractivity (Wildman–Crippen MR) is 73.5 cm³/mol. The summed E-state index contributed by atoms with van der Waals surface area (Å²) < 4.78 is 26.4. The number of nitro benzene ring substituents is 1. The highest BCUT2D eigenvalue weighted by Crippen LogP contribution is 2.22. The van der Waals surface area contributed by atoms with Gasteiger partial charge in [0.1, 0.15) is 0 Å². The molecule has 1 aromatic heterocycles. The van der Waals surface area contributed by atoms with Gasteiger partial charge in [-0.3, -0.25) is 19.6 Å². The second-order valence-electron chi connectivity index (χ2n) is 4.12. The highest BCUT2D eigenvalue weighted by atomic mass is 32.2. The first-order valence-corrected chi connectivity index (χ1v) is 7.11. The van der Waals surface area contributed by atoms with E-state index >= 15 is 0 Å². The molecular formula is C11H10N4O5S. The van der Waals surface area contributed by atoms with Crippen LogP contribution in [0.4, 0.5) is 11.5 Å². The van der Waals surface area contributed by atoms with Crippen molar-refractivity contribution in [1.29, 1.82) is 0 Å². The number of aromatic amines is 1. The van der Waals surface area contributed by atoms with E-state index in [1.807, 2.05) is 0 Å². The first kappa shape index (κ1) is 14.7. The molecule has 0 aliphatic rings. The summed E-state index contributed by atoms with van der Waals surface area (Å²) in [4.78, 5) is 20.8. The molecule has 0 radical (unpaired) electrons. The minimum Gasteiger partial charge on any atom is -0.268 e. The number of nitrogens with zero attached hydrogens (tertiary/aromatic N) is 2. The van der Waals surface area contributed by atoms with Gasteiger partial charge >= 0.3 is 0 Å². The van der Waals surface area contributed by atoms with Crippen LogP contribution in [0.5, 0.6) is 0 Å². The molecule has 0 amide bonds. The Balaban J connectivity index is 2.35. The van der Waals surface area contributed by atoms with E-state index < -0.39 is 20.5 Å². The highest BCUT2D eigenvalue weighted by molar-refractivity contribution is 7.92. The third-order valence-corrected chi connectivity index (χ3v) is 3.95. The van der Waals surface area contributed by atoms with Crippen molar-refractivity contribution in [3.63, 3.8) is 0 Å². The van der Waals surface area contributed by atoms with E-state index in [2.05, 4.69) is 14.9 Å². The van der Waals surface area contributed by atoms with Crippen molar-refractivity contribution in [2.45, 2.75) is 11.8 Å². The zero-order valence-electron chi connectivity index (χ0n) is 10.7. The summed E-state index contributed by atoms with van der Waals surface area (Å²) >= 11 is 0. The van der Waals surface area contributed by atoms with Gasteiger partial charge in [-0.2, -0.15) is 5.10 Å². The normalized spacial score (nSPS) is 11.1. The molecule has 21 heavy (non-hydrogen) atoms. The van der Waals surface area contributed by atoms with Gasteiger partial charge in [-0.1, -0.05) is 0 Å². The van der Waals surface area contributed by atoms with Gasteiger partial charge in [0.05, 0.1) is 9.82 Å². The zero-order valence-corrected chi connectivity index (χ0v) is 11.5. The molecule has 0 bridgehead atoms. The number of nitrogens with one attached hydrogen (secondary N) is 2. The molecular weight excluding hydrogens is 300 g/mol. The van der Waals surface area contributed by atoms with Gasteiger partial charge in [0, 0.05) is 17.7 Å². The van der Waals surface area contributed by atoms with Crippen molar-refractivity contribution in [3.8, 4) is 0 Å². The van der Waals surface area contributed by atoms with Gasteiger partial charge in [0.2, 0.25) is 0 Å². The molecule has 2 rings (SSSR count). The van der Waals surface area contributed by atoms with Crippen molar-refractivity contribution in [2.24, 2.45) is 0 Å². The molecule has 0 aliphatic carbocycles. The van der Waals surface area contributed by atoms with E-state index in [4.69, 9.17) is 0 Å². The fraction of sp³-hybridized carbons (Fsp3) is 0.0909. The maximum absolute atomic E-state index is 12.1. The van der Waals surface area contributed by atoms with E-state index in [1.54, 1.807) is 0 Å². The van der Waals surface area contributed by atoms with Crippen LogP contribution in [0.2, 0.25) is 0 Å². The molecule has 0 unspecified atom stereocenters. The van der Waals surface area contributed by atoms with Crippen molar-refractivity contribution >= 4 is 21.5 Å². The molecule has 0 spiro atoms. The number of hydrogen-bond donors (Lipinski definition) is 2. The lowest BCUT2D eigenvalue weighted by Crippen LogP contribution is -2.16. The third-order valence-electron chi connectivity index (χ3n) is 2.59. The van der Waals surface area contributed by atoms with Crippen LogP contribution in [0.3, 0.4) is 0 Å². The molecule has 110 valence electrons. The summed E-state index contributed by atoms with van der Waals surface area (Å²) in [6.07, 6.45) is 0. The van der Waals surface area contributed by atoms with Crippen molar-refractivity contribution in [3.05, 3.63) is 56.4 Å². The number of nitro groups is 1. The van der Waals surface area contributed by atoms with Crippen LogP contribution in [0.1, 0.15) is 5.56 Å². The SMILES string of the molecule is Cc1cc(S(=O)(=O)Nc2ccc(=O)[nH]n2)ccc1[N+](=O)[O-]. The number of aromatic nitrogens is 2. The maximum Gasteiger partial charge on any atom is 0.272 e. The Bertz CT molecular complexity index is 839. The first-order valence-electron chi connectivity index (χ1n) is 5.63. The van der Waals surface area contributed by atoms with Crippen LogP contribution >= 0.6 is 0 Å². The number of rotatable bonds is 4. The summed E-state index contributed by atoms with van der Waals surface area (Å²) in [5.41, 5.74) is -0.419. The first-order chi connectivity index (χ1) is 9.79. The summed E-state index contributed by atoms with van der Waals surface area (Å²) in [6.45, 7) is 1.44. The second kappa shape index (κ2) is 5.32. The van der Waals surface area contributed by atoms with Crippen LogP contribution in [0.15, 0.2) is 40.0 Å². The largest absolute Gasteiger partial charge is 0.272 e. The lowest BCUT2D eigenvalue weighted by molar-refractivity contribution is -0.385. The summed E-state index contributed by atoms with van der Waals surface area (Å²) in [7, 11) is -3.95. The van der Waals surface area contributed by atoms with Gasteiger partial charge in [-0.15, -0.1) is 0 Å². The standard InChI is InChI=1S/C11H10N4O5S/c1-7-6-8(2-3-9(7)15(17)18)21(19,20)14-10-4-5-11(16)13-12-10/h2-6H,1H3,(H,12,14)(H,13,16). The summed E-state index contributed by atoms with van der Waals surface area (Å²) in [5, 5.41) is 16.3. The van der Waals surface area contributed by atoms with E-state index in [0.29, 0.717) is 0 Å². The van der Waals surface area contributed by atoms with Crippen molar-refractivity contribution in [1.82, 2.24) is 10.2 Å².